The Bertz CT molecular complexity index is 585. The zero-order valence-electron chi connectivity index (χ0n) is 13.7. The molecule has 1 N–H and O–H groups in total. The van der Waals surface area contributed by atoms with Crippen molar-refractivity contribution in [3.63, 3.8) is 0 Å². The van der Waals surface area contributed by atoms with Crippen molar-refractivity contribution in [3.8, 4) is 11.5 Å². The Kier molecular flexibility index (Phi) is 7.60. The molecule has 132 valence electrons. The van der Waals surface area contributed by atoms with Crippen LogP contribution < -0.4 is 14.8 Å². The van der Waals surface area contributed by atoms with Crippen LogP contribution in [-0.4, -0.2) is 53.6 Å². The van der Waals surface area contributed by atoms with Gasteiger partial charge < -0.3 is 14.8 Å². The summed E-state index contributed by atoms with van der Waals surface area (Å²) in [6, 6.07) is 4.75. The van der Waals surface area contributed by atoms with Gasteiger partial charge in [-0.2, -0.15) is 4.31 Å². The van der Waals surface area contributed by atoms with Crippen LogP contribution >= 0.6 is 12.4 Å². The number of piperidine rings is 1. The molecule has 1 aliphatic heterocycles. The summed E-state index contributed by atoms with van der Waals surface area (Å²) in [5.41, 5.74) is 0. The van der Waals surface area contributed by atoms with E-state index in [2.05, 4.69) is 5.32 Å². The average Bonchev–Trinajstić information content (AvgIpc) is 2.54. The number of methoxy groups -OCH3 is 2. The molecule has 0 amide bonds. The third-order valence-corrected chi connectivity index (χ3v) is 5.78. The molecule has 0 spiro atoms. The molecule has 1 aliphatic rings. The molecule has 0 bridgehead atoms. The molecule has 1 heterocycles. The fourth-order valence-electron chi connectivity index (χ4n) is 2.78. The second-order valence-electron chi connectivity index (χ2n) is 5.48. The highest BCUT2D eigenvalue weighted by molar-refractivity contribution is 7.89. The third kappa shape index (κ3) is 4.73. The Morgan fingerprint density at radius 2 is 1.83 bits per heavy atom. The van der Waals surface area contributed by atoms with Gasteiger partial charge in [-0.25, -0.2) is 8.42 Å². The maximum Gasteiger partial charge on any atom is 0.243 e. The zero-order chi connectivity index (χ0) is 16.2. The van der Waals surface area contributed by atoms with Gasteiger partial charge in [-0.1, -0.05) is 0 Å². The van der Waals surface area contributed by atoms with Gasteiger partial charge in [0.05, 0.1) is 19.1 Å². The first kappa shape index (κ1) is 20.0. The fourth-order valence-corrected chi connectivity index (χ4v) is 4.38. The van der Waals surface area contributed by atoms with E-state index >= 15 is 0 Å². The van der Waals surface area contributed by atoms with Crippen LogP contribution in [-0.2, 0) is 10.0 Å². The Morgan fingerprint density at radius 3 is 2.35 bits per heavy atom. The Labute approximate surface area is 144 Å². The lowest BCUT2D eigenvalue weighted by Crippen LogP contribution is -2.42. The van der Waals surface area contributed by atoms with Crippen molar-refractivity contribution in [1.82, 2.24) is 9.62 Å². The molecule has 1 atom stereocenters. The van der Waals surface area contributed by atoms with Crippen molar-refractivity contribution in [1.29, 1.82) is 0 Å². The molecule has 0 aromatic heterocycles. The van der Waals surface area contributed by atoms with Gasteiger partial charge in [-0.15, -0.1) is 12.4 Å². The first-order valence-electron chi connectivity index (χ1n) is 7.39. The van der Waals surface area contributed by atoms with Crippen molar-refractivity contribution >= 4 is 22.4 Å². The Morgan fingerprint density at radius 1 is 1.22 bits per heavy atom. The molecular formula is C15H25ClN2O4S. The number of sulfonamides is 1. The van der Waals surface area contributed by atoms with E-state index in [1.165, 1.54) is 14.2 Å². The predicted molar refractivity (Wildman–Crippen MR) is 92.2 cm³/mol. The fraction of sp³-hybridized carbons (Fsp3) is 0.600. The molecule has 0 saturated carbocycles. The molecule has 1 saturated heterocycles. The second-order valence-corrected chi connectivity index (χ2v) is 7.42. The minimum atomic E-state index is -3.53. The number of halogens is 1. The van der Waals surface area contributed by atoms with E-state index in [0.29, 0.717) is 30.5 Å². The van der Waals surface area contributed by atoms with E-state index < -0.39 is 10.0 Å². The first-order chi connectivity index (χ1) is 10.5. The van der Waals surface area contributed by atoms with Gasteiger partial charge in [0.15, 0.2) is 0 Å². The molecule has 1 fully saturated rings. The minimum Gasteiger partial charge on any atom is -0.497 e. The molecule has 0 aliphatic carbocycles. The van der Waals surface area contributed by atoms with Gasteiger partial charge in [-0.05, 0) is 32.4 Å². The van der Waals surface area contributed by atoms with Crippen molar-refractivity contribution in [3.05, 3.63) is 18.2 Å². The van der Waals surface area contributed by atoms with E-state index in [4.69, 9.17) is 9.47 Å². The van der Waals surface area contributed by atoms with Gasteiger partial charge in [0.1, 0.15) is 11.5 Å². The number of rotatable bonds is 6. The summed E-state index contributed by atoms with van der Waals surface area (Å²) in [7, 11) is 1.37. The van der Waals surface area contributed by atoms with E-state index in [1.807, 2.05) is 7.05 Å². The topological polar surface area (TPSA) is 67.9 Å². The van der Waals surface area contributed by atoms with Crippen molar-refractivity contribution < 1.29 is 17.9 Å². The Balaban J connectivity index is 0.00000264. The first-order valence-corrected chi connectivity index (χ1v) is 8.83. The van der Waals surface area contributed by atoms with Crippen LogP contribution in [0, 0.1) is 5.92 Å². The van der Waals surface area contributed by atoms with Gasteiger partial charge in [-0.3, -0.25) is 0 Å². The van der Waals surface area contributed by atoms with Gasteiger partial charge in [0.25, 0.3) is 0 Å². The van der Waals surface area contributed by atoms with Crippen LogP contribution in [0.15, 0.2) is 23.1 Å². The zero-order valence-corrected chi connectivity index (χ0v) is 15.4. The molecule has 23 heavy (non-hydrogen) atoms. The number of nitrogens with one attached hydrogen (secondary N) is 1. The lowest BCUT2D eigenvalue weighted by molar-refractivity contribution is 0.263. The van der Waals surface area contributed by atoms with Crippen LogP contribution in [0.3, 0.4) is 0 Å². The average molecular weight is 365 g/mol. The maximum atomic E-state index is 12.9. The van der Waals surface area contributed by atoms with Gasteiger partial charge in [0, 0.05) is 31.3 Å². The standard InChI is InChI=1S/C15H24N2O4S.ClH/c1-16-10-12-5-4-6-17(11-12)22(18,19)15-8-13(20-2)7-14(9-15)21-3;/h7-9,12,16H,4-6,10-11H2,1-3H3;1H. The largest absolute Gasteiger partial charge is 0.497 e. The summed E-state index contributed by atoms with van der Waals surface area (Å²) in [6.45, 7) is 1.93. The second kappa shape index (κ2) is 8.73. The highest BCUT2D eigenvalue weighted by Gasteiger charge is 2.30. The van der Waals surface area contributed by atoms with Crippen LogP contribution in [0.2, 0.25) is 0 Å². The summed E-state index contributed by atoms with van der Waals surface area (Å²) in [5, 5.41) is 3.12. The molecule has 2 rings (SSSR count). The summed E-state index contributed by atoms with van der Waals surface area (Å²) in [4.78, 5) is 0.216. The highest BCUT2D eigenvalue weighted by atomic mass is 35.5. The van der Waals surface area contributed by atoms with E-state index in [0.717, 1.165) is 19.4 Å². The molecule has 1 aromatic carbocycles. The van der Waals surface area contributed by atoms with E-state index in [1.54, 1.807) is 22.5 Å². The maximum absolute atomic E-state index is 12.9. The van der Waals surface area contributed by atoms with Crippen molar-refractivity contribution in [2.75, 3.05) is 40.9 Å². The lowest BCUT2D eigenvalue weighted by atomic mass is 10.00. The van der Waals surface area contributed by atoms with Crippen LogP contribution in [0.25, 0.3) is 0 Å². The minimum absolute atomic E-state index is 0. The van der Waals surface area contributed by atoms with Gasteiger partial charge >= 0.3 is 0 Å². The van der Waals surface area contributed by atoms with E-state index in [-0.39, 0.29) is 17.3 Å². The highest BCUT2D eigenvalue weighted by Crippen LogP contribution is 2.29. The molecular weight excluding hydrogens is 340 g/mol. The summed E-state index contributed by atoms with van der Waals surface area (Å²) in [6.07, 6.45) is 1.93. The molecule has 6 nitrogen and oxygen atoms in total. The number of ether oxygens (including phenoxy) is 2. The van der Waals surface area contributed by atoms with E-state index in [9.17, 15) is 8.42 Å². The molecule has 1 aromatic rings. The smallest absolute Gasteiger partial charge is 0.243 e. The summed E-state index contributed by atoms with van der Waals surface area (Å²) >= 11 is 0. The normalized spacial score (nSPS) is 19.0. The SMILES string of the molecule is CNCC1CCCN(S(=O)(=O)c2cc(OC)cc(OC)c2)C1.Cl. The lowest BCUT2D eigenvalue weighted by Gasteiger charge is -2.32. The number of hydrogen-bond acceptors (Lipinski definition) is 5. The Hall–Kier alpha value is -1.02. The number of nitrogens with zero attached hydrogens (tertiary/aromatic N) is 1. The quantitative estimate of drug-likeness (QED) is 0.832. The van der Waals surface area contributed by atoms with Crippen LogP contribution in [0.1, 0.15) is 12.8 Å². The van der Waals surface area contributed by atoms with Crippen LogP contribution in [0.5, 0.6) is 11.5 Å². The van der Waals surface area contributed by atoms with Gasteiger partial charge in [0.2, 0.25) is 10.0 Å². The predicted octanol–water partition coefficient (Wildman–Crippen LogP) is 1.75. The summed E-state index contributed by atoms with van der Waals surface area (Å²) < 4.78 is 37.6. The summed E-state index contributed by atoms with van der Waals surface area (Å²) in [5.74, 6) is 1.30. The molecule has 0 radical (unpaired) electrons. The van der Waals surface area contributed by atoms with Crippen LogP contribution in [0.4, 0.5) is 0 Å². The monoisotopic (exact) mass is 364 g/mol. The number of benzene rings is 1. The van der Waals surface area contributed by atoms with Crippen molar-refractivity contribution in [2.45, 2.75) is 17.7 Å². The van der Waals surface area contributed by atoms with Crippen molar-refractivity contribution in [2.24, 2.45) is 5.92 Å². The molecule has 1 unspecified atom stereocenters. The molecule has 8 heteroatoms. The number of hydrogen-bond donors (Lipinski definition) is 1. The third-order valence-electron chi connectivity index (χ3n) is 3.94.